The quantitative estimate of drug-likeness (QED) is 0.485. The van der Waals surface area contributed by atoms with Crippen LogP contribution < -0.4 is 5.32 Å². The van der Waals surface area contributed by atoms with Gasteiger partial charge in [-0.15, -0.1) is 0 Å². The number of nitrogens with zero attached hydrogens (tertiary/aromatic N) is 5. The summed E-state index contributed by atoms with van der Waals surface area (Å²) in [5.74, 6) is -0.304. The number of aromatic nitrogens is 4. The second kappa shape index (κ2) is 8.69. The molecule has 4 rings (SSSR count). The summed E-state index contributed by atoms with van der Waals surface area (Å²) in [6.45, 7) is 7.71. The number of hydrogen-bond acceptors (Lipinski definition) is 6. The van der Waals surface area contributed by atoms with Gasteiger partial charge in [0.15, 0.2) is 5.69 Å². The second-order valence-electron chi connectivity index (χ2n) is 7.18. The van der Waals surface area contributed by atoms with E-state index >= 15 is 0 Å². The predicted octanol–water partition coefficient (Wildman–Crippen LogP) is 3.65. The van der Waals surface area contributed by atoms with Crippen LogP contribution in [0.3, 0.4) is 0 Å². The number of likely N-dealkylation sites (tertiary alicyclic amines) is 1. The van der Waals surface area contributed by atoms with Crippen molar-refractivity contribution in [2.24, 2.45) is 4.99 Å². The number of allylic oxidation sites excluding steroid dienone is 2. The molecule has 8 nitrogen and oxygen atoms in total. The van der Waals surface area contributed by atoms with Crippen molar-refractivity contribution >= 4 is 34.8 Å². The molecule has 0 aliphatic carbocycles. The third-order valence-corrected chi connectivity index (χ3v) is 5.13. The van der Waals surface area contributed by atoms with Crippen LogP contribution in [-0.4, -0.2) is 51.0 Å². The summed E-state index contributed by atoms with van der Waals surface area (Å²) in [5, 5.41) is 18.2. The first kappa shape index (κ1) is 19.5. The Balaban J connectivity index is 1.64. The normalized spacial score (nSPS) is 14.9. The molecule has 0 spiro atoms. The number of carbonyl (C=O) groups is 1. The van der Waals surface area contributed by atoms with Crippen molar-refractivity contribution in [1.82, 2.24) is 25.3 Å². The van der Waals surface area contributed by atoms with Gasteiger partial charge in [-0.3, -0.25) is 14.9 Å². The largest absolute Gasteiger partial charge is 0.370 e. The minimum absolute atomic E-state index is 0.304. The average molecular weight is 401 g/mol. The van der Waals surface area contributed by atoms with Crippen molar-refractivity contribution in [1.29, 1.82) is 0 Å². The Morgan fingerprint density at radius 3 is 2.83 bits per heavy atom. The van der Waals surface area contributed by atoms with Crippen molar-refractivity contribution < 1.29 is 4.79 Å². The first-order valence-corrected chi connectivity index (χ1v) is 9.81. The Kier molecular flexibility index (Phi) is 5.65. The zero-order valence-corrected chi connectivity index (χ0v) is 16.8. The Labute approximate surface area is 174 Å². The van der Waals surface area contributed by atoms with Crippen LogP contribution in [0.2, 0.25) is 0 Å². The molecule has 2 N–H and O–H groups in total. The van der Waals surface area contributed by atoms with Crippen LogP contribution in [-0.2, 0) is 0 Å². The van der Waals surface area contributed by atoms with Gasteiger partial charge in [-0.1, -0.05) is 6.07 Å². The highest BCUT2D eigenvalue weighted by atomic mass is 16.1. The molecule has 1 aliphatic heterocycles. The topological polar surface area (TPSA) is 99.2 Å². The van der Waals surface area contributed by atoms with E-state index in [1.54, 1.807) is 12.3 Å². The summed E-state index contributed by atoms with van der Waals surface area (Å²) in [5.41, 5.74) is 4.83. The molecule has 0 bridgehead atoms. The molecule has 1 aliphatic rings. The lowest BCUT2D eigenvalue weighted by Crippen LogP contribution is -2.17. The highest BCUT2D eigenvalue weighted by Crippen LogP contribution is 2.25. The SMILES string of the molecule is C=N/C=C(\C=C(/C)c1ccc2[nH]nc(C(=O)Nc3ccnnc3)c2c1)N1CCCC1. The van der Waals surface area contributed by atoms with Gasteiger partial charge in [-0.05, 0) is 61.9 Å². The Morgan fingerprint density at radius 2 is 2.10 bits per heavy atom. The fourth-order valence-electron chi connectivity index (χ4n) is 3.57. The van der Waals surface area contributed by atoms with Crippen LogP contribution in [0.4, 0.5) is 5.69 Å². The molecule has 1 fully saturated rings. The molecule has 3 aromatic rings. The smallest absolute Gasteiger partial charge is 0.276 e. The number of fused-ring (bicyclic) bond motifs is 1. The van der Waals surface area contributed by atoms with Gasteiger partial charge < -0.3 is 10.2 Å². The number of aromatic amines is 1. The van der Waals surface area contributed by atoms with Gasteiger partial charge in [0.1, 0.15) is 0 Å². The molecular formula is C22H23N7O. The zero-order valence-electron chi connectivity index (χ0n) is 16.8. The molecule has 1 amide bonds. The zero-order chi connectivity index (χ0) is 20.9. The van der Waals surface area contributed by atoms with Crippen LogP contribution in [0, 0.1) is 0 Å². The summed E-state index contributed by atoms with van der Waals surface area (Å²) in [6, 6.07) is 7.61. The van der Waals surface area contributed by atoms with E-state index in [1.807, 2.05) is 18.2 Å². The van der Waals surface area contributed by atoms with Gasteiger partial charge in [-0.2, -0.15) is 15.3 Å². The van der Waals surface area contributed by atoms with E-state index in [-0.39, 0.29) is 5.91 Å². The second-order valence-corrected chi connectivity index (χ2v) is 7.18. The lowest BCUT2D eigenvalue weighted by Gasteiger charge is -2.19. The molecular weight excluding hydrogens is 378 g/mol. The predicted molar refractivity (Wildman–Crippen MR) is 118 cm³/mol. The summed E-state index contributed by atoms with van der Waals surface area (Å²) in [4.78, 5) is 19.0. The number of nitrogens with one attached hydrogen (secondary N) is 2. The maximum absolute atomic E-state index is 12.7. The number of aliphatic imine (C=N–C) groups is 1. The lowest BCUT2D eigenvalue weighted by atomic mass is 10.0. The molecule has 1 aromatic carbocycles. The van der Waals surface area contributed by atoms with E-state index in [2.05, 4.69) is 55.3 Å². The first-order valence-electron chi connectivity index (χ1n) is 9.81. The van der Waals surface area contributed by atoms with Crippen LogP contribution in [0.25, 0.3) is 16.5 Å². The van der Waals surface area contributed by atoms with Crippen molar-refractivity contribution in [3.63, 3.8) is 0 Å². The van der Waals surface area contributed by atoms with E-state index in [4.69, 9.17) is 0 Å². The Bertz CT molecular complexity index is 1120. The number of anilines is 1. The average Bonchev–Trinajstić information content (AvgIpc) is 3.43. The van der Waals surface area contributed by atoms with Crippen molar-refractivity contribution in [3.8, 4) is 0 Å². The van der Waals surface area contributed by atoms with Crippen molar-refractivity contribution in [3.05, 3.63) is 65.9 Å². The van der Waals surface area contributed by atoms with Crippen molar-refractivity contribution in [2.45, 2.75) is 19.8 Å². The molecule has 8 heteroatoms. The molecule has 0 unspecified atom stereocenters. The maximum atomic E-state index is 12.7. The van der Waals surface area contributed by atoms with E-state index in [9.17, 15) is 4.79 Å². The summed E-state index contributed by atoms with van der Waals surface area (Å²) in [7, 11) is 0. The van der Waals surface area contributed by atoms with Gasteiger partial charge in [-0.25, -0.2) is 0 Å². The standard InChI is InChI=1S/C22H23N7O/c1-15(11-18(14-23-2)29-9-3-4-10-29)16-5-6-20-19(12-16)21(28-27-20)22(30)26-17-7-8-24-25-13-17/h5-8,11-14H,2-4,9-10H2,1H3,(H,27,28)(H,24,26,30)/b15-11+,18-14+. The monoisotopic (exact) mass is 401 g/mol. The Hall–Kier alpha value is -3.81. The van der Waals surface area contributed by atoms with Crippen molar-refractivity contribution in [2.75, 3.05) is 18.4 Å². The van der Waals surface area contributed by atoms with Crippen LogP contribution >= 0.6 is 0 Å². The summed E-state index contributed by atoms with van der Waals surface area (Å²) < 4.78 is 0. The molecule has 3 heterocycles. The molecule has 152 valence electrons. The Morgan fingerprint density at radius 1 is 1.27 bits per heavy atom. The van der Waals surface area contributed by atoms with E-state index in [0.29, 0.717) is 11.4 Å². The first-order chi connectivity index (χ1) is 14.7. The third kappa shape index (κ3) is 4.12. The summed E-state index contributed by atoms with van der Waals surface area (Å²) in [6.07, 6.45) is 9.30. The molecule has 1 saturated heterocycles. The van der Waals surface area contributed by atoms with Crippen LogP contribution in [0.15, 0.2) is 59.6 Å². The highest BCUT2D eigenvalue weighted by Gasteiger charge is 2.16. The van der Waals surface area contributed by atoms with Gasteiger partial charge in [0.05, 0.1) is 29.3 Å². The molecule has 0 saturated carbocycles. The van der Waals surface area contributed by atoms with Gasteiger partial charge in [0.25, 0.3) is 5.91 Å². The van der Waals surface area contributed by atoms with Gasteiger partial charge >= 0.3 is 0 Å². The van der Waals surface area contributed by atoms with Crippen LogP contribution in [0.5, 0.6) is 0 Å². The van der Waals surface area contributed by atoms with E-state index in [1.165, 1.54) is 25.2 Å². The lowest BCUT2D eigenvalue weighted by molar-refractivity contribution is 0.102. The minimum atomic E-state index is -0.304. The van der Waals surface area contributed by atoms with E-state index in [0.717, 1.165) is 40.8 Å². The highest BCUT2D eigenvalue weighted by molar-refractivity contribution is 6.11. The summed E-state index contributed by atoms with van der Waals surface area (Å²) >= 11 is 0. The number of hydrogen-bond donors (Lipinski definition) is 2. The third-order valence-electron chi connectivity index (χ3n) is 5.13. The number of benzene rings is 1. The molecule has 0 radical (unpaired) electrons. The fourth-order valence-corrected chi connectivity index (χ4v) is 3.57. The number of rotatable bonds is 6. The van der Waals surface area contributed by atoms with Gasteiger partial charge in [0.2, 0.25) is 0 Å². The van der Waals surface area contributed by atoms with Gasteiger partial charge in [0, 0.05) is 24.7 Å². The minimum Gasteiger partial charge on any atom is -0.370 e. The molecule has 2 aromatic heterocycles. The number of amides is 1. The van der Waals surface area contributed by atoms with E-state index < -0.39 is 0 Å². The number of carbonyl (C=O) groups excluding carboxylic acids is 1. The molecule has 0 atom stereocenters. The number of H-pyrrole nitrogens is 1. The fraction of sp³-hybridized carbons (Fsp3) is 0.227. The maximum Gasteiger partial charge on any atom is 0.276 e. The molecule has 30 heavy (non-hydrogen) atoms. The van der Waals surface area contributed by atoms with Crippen LogP contribution in [0.1, 0.15) is 35.8 Å².